The van der Waals surface area contributed by atoms with Crippen LogP contribution in [0, 0.1) is 13.8 Å². The van der Waals surface area contributed by atoms with Gasteiger partial charge in [-0.1, -0.05) is 211 Å². The average molecular weight is 1090 g/mol. The molecule has 84 heavy (non-hydrogen) atoms. The molecule has 2 atom stereocenters. The molecule has 3 nitrogen and oxygen atoms in total. The zero-order valence-electron chi connectivity index (χ0n) is 49.2. The van der Waals surface area contributed by atoms with Crippen LogP contribution < -0.4 is 14.5 Å². The maximum absolute atomic E-state index is 7.29. The van der Waals surface area contributed by atoms with Gasteiger partial charge < -0.3 is 14.5 Å². The molecule has 0 amide bonds. The van der Waals surface area contributed by atoms with E-state index in [-0.39, 0.29) is 22.9 Å². The van der Waals surface area contributed by atoms with Gasteiger partial charge >= 0.3 is 0 Å². The Kier molecular flexibility index (Phi) is 11.8. The molecular weight excluding hydrogens is 1020 g/mol. The molecule has 4 aliphatic rings. The van der Waals surface area contributed by atoms with Crippen molar-refractivity contribution in [1.29, 1.82) is 0 Å². The molecule has 0 saturated heterocycles. The zero-order chi connectivity index (χ0) is 57.2. The SMILES string of the molecule is Cc1ccc(N(C2=CC3Oc4ccccc4C3C3=C2C2(c4cc5cc(N(c6ccc(C(C)(C)C)cc6)c6ccc(C)c(-c7ccccc7)c6)ccc5cc43)c3ccccc3-c3ccccc32)c2ccc(C(C)(C)C)cc2)cc1-c1ccccc1. The van der Waals surface area contributed by atoms with Gasteiger partial charge in [-0.05, 0) is 204 Å². The molecule has 0 radical (unpaired) electrons. The number of hydrogen-bond donors (Lipinski definition) is 0. The molecule has 0 aromatic heterocycles. The maximum atomic E-state index is 7.29. The van der Waals surface area contributed by atoms with E-state index < -0.39 is 5.41 Å². The van der Waals surface area contributed by atoms with Crippen molar-refractivity contribution in [1.82, 2.24) is 0 Å². The summed E-state index contributed by atoms with van der Waals surface area (Å²) in [5, 5.41) is 2.38. The van der Waals surface area contributed by atoms with Crippen LogP contribution in [0.15, 0.2) is 266 Å². The number of aryl methyl sites for hydroxylation is 2. The first-order chi connectivity index (χ1) is 40.7. The summed E-state index contributed by atoms with van der Waals surface area (Å²) in [6.07, 6.45) is 2.22. The largest absolute Gasteiger partial charge is 0.485 e. The first-order valence-electron chi connectivity index (χ1n) is 29.9. The Morgan fingerprint density at radius 1 is 0.381 bits per heavy atom. The van der Waals surface area contributed by atoms with Crippen molar-refractivity contribution >= 4 is 44.8 Å². The van der Waals surface area contributed by atoms with Crippen molar-refractivity contribution in [3.05, 3.63) is 316 Å². The van der Waals surface area contributed by atoms with Gasteiger partial charge in [-0.3, -0.25) is 0 Å². The van der Waals surface area contributed by atoms with Crippen molar-refractivity contribution in [2.45, 2.75) is 83.7 Å². The summed E-state index contributed by atoms with van der Waals surface area (Å²) in [7, 11) is 0. The molecule has 0 bridgehead atoms. The summed E-state index contributed by atoms with van der Waals surface area (Å²) < 4.78 is 7.29. The van der Waals surface area contributed by atoms with Gasteiger partial charge in [0.15, 0.2) is 0 Å². The van der Waals surface area contributed by atoms with E-state index in [4.69, 9.17) is 4.74 Å². The Labute approximate surface area is 495 Å². The van der Waals surface area contributed by atoms with Crippen LogP contribution in [0.3, 0.4) is 0 Å². The van der Waals surface area contributed by atoms with Crippen LogP contribution in [0.1, 0.15) is 97.5 Å². The van der Waals surface area contributed by atoms with Gasteiger partial charge in [-0.25, -0.2) is 0 Å². The molecule has 3 aliphatic carbocycles. The lowest BCUT2D eigenvalue weighted by Gasteiger charge is -2.41. The Morgan fingerprint density at radius 3 is 1.43 bits per heavy atom. The molecule has 3 heteroatoms. The molecule has 0 saturated carbocycles. The van der Waals surface area contributed by atoms with E-state index in [1.165, 1.54) is 105 Å². The van der Waals surface area contributed by atoms with E-state index in [1.54, 1.807) is 0 Å². The van der Waals surface area contributed by atoms with Crippen LogP contribution in [-0.2, 0) is 16.2 Å². The molecule has 0 fully saturated rings. The third-order valence-electron chi connectivity index (χ3n) is 18.6. The lowest BCUT2D eigenvalue weighted by atomic mass is 9.66. The lowest BCUT2D eigenvalue weighted by Crippen LogP contribution is -2.36. The van der Waals surface area contributed by atoms with Gasteiger partial charge in [0.05, 0.1) is 17.0 Å². The second kappa shape index (κ2) is 19.3. The number of rotatable bonds is 8. The first-order valence-corrected chi connectivity index (χ1v) is 29.9. The fourth-order valence-corrected chi connectivity index (χ4v) is 14.4. The topological polar surface area (TPSA) is 15.7 Å². The molecule has 1 aliphatic heterocycles. The summed E-state index contributed by atoms with van der Waals surface area (Å²) in [4.78, 5) is 5.02. The van der Waals surface area contributed by atoms with Crippen molar-refractivity contribution < 1.29 is 4.74 Å². The van der Waals surface area contributed by atoms with Crippen molar-refractivity contribution in [3.63, 3.8) is 0 Å². The highest BCUT2D eigenvalue weighted by atomic mass is 16.5. The Bertz CT molecular complexity index is 4450. The van der Waals surface area contributed by atoms with Crippen molar-refractivity contribution in [3.8, 4) is 39.1 Å². The van der Waals surface area contributed by atoms with E-state index in [0.717, 1.165) is 39.9 Å². The fourth-order valence-electron chi connectivity index (χ4n) is 14.4. The maximum Gasteiger partial charge on any atom is 0.130 e. The Morgan fingerprint density at radius 2 is 0.857 bits per heavy atom. The van der Waals surface area contributed by atoms with Gasteiger partial charge in [-0.2, -0.15) is 0 Å². The molecule has 2 unspecified atom stereocenters. The van der Waals surface area contributed by atoms with Gasteiger partial charge in [0, 0.05) is 39.6 Å². The van der Waals surface area contributed by atoms with Crippen LogP contribution in [0.5, 0.6) is 5.75 Å². The third kappa shape index (κ3) is 8.07. The second-order valence-corrected chi connectivity index (χ2v) is 25.7. The number of para-hydroxylation sites is 1. The molecule has 15 rings (SSSR count). The summed E-state index contributed by atoms with van der Waals surface area (Å²) in [6, 6.07) is 93.8. The predicted molar refractivity (Wildman–Crippen MR) is 352 cm³/mol. The average Bonchev–Trinajstić information content (AvgIpc) is 1.50. The van der Waals surface area contributed by atoms with Crippen LogP contribution in [0.4, 0.5) is 28.4 Å². The highest BCUT2D eigenvalue weighted by molar-refractivity contribution is 6.04. The van der Waals surface area contributed by atoms with Gasteiger partial charge in [0.1, 0.15) is 11.9 Å². The highest BCUT2D eigenvalue weighted by Crippen LogP contribution is 2.69. The van der Waals surface area contributed by atoms with Crippen LogP contribution in [0.2, 0.25) is 0 Å². The number of fused-ring (bicyclic) bond motifs is 14. The van der Waals surface area contributed by atoms with E-state index in [0.29, 0.717) is 0 Å². The molecule has 1 spiro atoms. The van der Waals surface area contributed by atoms with Crippen molar-refractivity contribution in [2.24, 2.45) is 0 Å². The van der Waals surface area contributed by atoms with E-state index >= 15 is 0 Å². The summed E-state index contributed by atoms with van der Waals surface area (Å²) in [5.74, 6) is 0.881. The number of nitrogens with zero attached hydrogens (tertiary/aromatic N) is 2. The molecule has 0 N–H and O–H groups in total. The number of hydrogen-bond acceptors (Lipinski definition) is 3. The Hall–Kier alpha value is -9.44. The smallest absolute Gasteiger partial charge is 0.130 e. The predicted octanol–water partition coefficient (Wildman–Crippen LogP) is 21.2. The number of ether oxygens (including phenoxy) is 1. The summed E-state index contributed by atoms with van der Waals surface area (Å²) >= 11 is 0. The normalized spacial score (nSPS) is 16.1. The third-order valence-corrected chi connectivity index (χ3v) is 18.6. The highest BCUT2D eigenvalue weighted by Gasteiger charge is 2.59. The molecular formula is C81H68N2O. The quantitative estimate of drug-likeness (QED) is 0.151. The molecule has 1 heterocycles. The zero-order valence-corrected chi connectivity index (χ0v) is 49.2. The van der Waals surface area contributed by atoms with Gasteiger partial charge in [0.25, 0.3) is 0 Å². The number of benzene rings is 11. The molecule has 11 aromatic rings. The van der Waals surface area contributed by atoms with Gasteiger partial charge in [0.2, 0.25) is 0 Å². The van der Waals surface area contributed by atoms with Crippen LogP contribution in [-0.4, -0.2) is 6.10 Å². The second-order valence-electron chi connectivity index (χ2n) is 25.7. The monoisotopic (exact) mass is 1080 g/mol. The minimum absolute atomic E-state index is 0.0125. The fraction of sp³-hybridized carbons (Fsp3) is 0.160. The summed E-state index contributed by atoms with van der Waals surface area (Å²) in [6.45, 7) is 18.2. The van der Waals surface area contributed by atoms with E-state index in [1.807, 2.05) is 0 Å². The first kappa shape index (κ1) is 51.4. The number of anilines is 5. The molecule has 408 valence electrons. The van der Waals surface area contributed by atoms with E-state index in [9.17, 15) is 0 Å². The Balaban J connectivity index is 1.01. The standard InChI is InChI=1S/C81H68N2O/c1-51-31-38-62(48-67(51)53-21-11-9-12-22-53)82(59-41-34-57(35-42-59)79(3,4)5)61-40-33-55-46-69-72(47-56(55)45-61)81(70-28-18-15-25-64(70)65-26-16-19-29-71(65)81)78-73(50-75-76(77(69)78)66-27-17-20-30-74(66)84-75)83(60-43-36-58(37-44-60)80(6,7)8)63-39-32-52(2)68(49-63)54-23-13-10-14-24-54/h9-50,75-76H,1-8H3. The van der Waals surface area contributed by atoms with Crippen molar-refractivity contribution in [2.75, 3.05) is 9.80 Å². The minimum Gasteiger partial charge on any atom is -0.485 e. The minimum atomic E-state index is -0.725. The van der Waals surface area contributed by atoms with Crippen LogP contribution >= 0.6 is 0 Å². The number of allylic oxidation sites excluding steroid dienone is 1. The molecule has 11 aromatic carbocycles. The van der Waals surface area contributed by atoms with Gasteiger partial charge in [-0.15, -0.1) is 0 Å². The van der Waals surface area contributed by atoms with E-state index in [2.05, 4.69) is 320 Å². The van der Waals surface area contributed by atoms with Crippen LogP contribution in [0.25, 0.3) is 49.7 Å². The summed E-state index contributed by atoms with van der Waals surface area (Å²) in [5.41, 5.74) is 27.4. The lowest BCUT2D eigenvalue weighted by molar-refractivity contribution is 0.270.